The molecule has 0 aromatic heterocycles. The lowest BCUT2D eigenvalue weighted by Gasteiger charge is -2.15. The van der Waals surface area contributed by atoms with Crippen LogP contribution in [-0.4, -0.2) is 24.3 Å². The van der Waals surface area contributed by atoms with Crippen LogP contribution in [0.1, 0.15) is 42.3 Å². The number of carbonyl (C=O) groups is 2. The summed E-state index contributed by atoms with van der Waals surface area (Å²) >= 11 is 0. The molecule has 26 heavy (non-hydrogen) atoms. The summed E-state index contributed by atoms with van der Waals surface area (Å²) in [6.07, 6.45) is 4.27. The van der Waals surface area contributed by atoms with E-state index in [2.05, 4.69) is 0 Å². The van der Waals surface area contributed by atoms with Gasteiger partial charge in [0, 0.05) is 23.9 Å². The number of anilines is 1. The van der Waals surface area contributed by atoms with E-state index in [1.54, 1.807) is 30.0 Å². The van der Waals surface area contributed by atoms with Crippen molar-refractivity contribution in [3.05, 3.63) is 65.2 Å². The van der Waals surface area contributed by atoms with Gasteiger partial charge in [-0.1, -0.05) is 12.1 Å². The fourth-order valence-corrected chi connectivity index (χ4v) is 3.07. The topological polar surface area (TPSA) is 46.6 Å². The van der Waals surface area contributed by atoms with E-state index in [-0.39, 0.29) is 17.8 Å². The Labute approximate surface area is 154 Å². The standard InChI is InChI=1S/C22H23NO3/c1-15(2)26-20-6-4-5-17(13-20)7-10-22(25)23-12-11-19-14-18(16(3)24)8-9-21(19)23/h4-10,13-15H,11-12H2,1-3H3/b10-7+. The fraction of sp³-hybridized carbons (Fsp3) is 0.273. The number of amides is 1. The van der Waals surface area contributed by atoms with Gasteiger partial charge in [-0.15, -0.1) is 0 Å². The first-order valence-corrected chi connectivity index (χ1v) is 8.84. The van der Waals surface area contributed by atoms with E-state index < -0.39 is 0 Å². The fourth-order valence-electron chi connectivity index (χ4n) is 3.07. The molecule has 4 heteroatoms. The number of benzene rings is 2. The minimum absolute atomic E-state index is 0.0426. The zero-order valence-electron chi connectivity index (χ0n) is 15.4. The molecule has 134 valence electrons. The number of ketones is 1. The molecule has 0 aliphatic carbocycles. The number of Topliss-reactive ketones (excluding diaryl/α,β-unsaturated/α-hetero) is 1. The molecule has 1 heterocycles. The number of rotatable bonds is 5. The van der Waals surface area contributed by atoms with Crippen LogP contribution in [-0.2, 0) is 11.2 Å². The molecule has 3 rings (SSSR count). The molecule has 0 N–H and O–H groups in total. The Morgan fingerprint density at radius 3 is 2.69 bits per heavy atom. The van der Waals surface area contributed by atoms with Crippen LogP contribution in [0.4, 0.5) is 5.69 Å². The number of hydrogen-bond acceptors (Lipinski definition) is 3. The minimum Gasteiger partial charge on any atom is -0.491 e. The number of ether oxygens (including phenoxy) is 1. The van der Waals surface area contributed by atoms with E-state index in [4.69, 9.17) is 4.74 Å². The van der Waals surface area contributed by atoms with Crippen molar-refractivity contribution >= 4 is 23.5 Å². The second kappa shape index (κ2) is 7.56. The third kappa shape index (κ3) is 4.02. The largest absolute Gasteiger partial charge is 0.491 e. The Morgan fingerprint density at radius 2 is 1.96 bits per heavy atom. The molecule has 0 fully saturated rings. The molecule has 0 bridgehead atoms. The van der Waals surface area contributed by atoms with Gasteiger partial charge in [0.15, 0.2) is 5.78 Å². The smallest absolute Gasteiger partial charge is 0.251 e. The molecule has 0 unspecified atom stereocenters. The second-order valence-electron chi connectivity index (χ2n) is 6.71. The zero-order valence-corrected chi connectivity index (χ0v) is 15.4. The van der Waals surface area contributed by atoms with Crippen LogP contribution in [0.2, 0.25) is 0 Å². The number of fused-ring (bicyclic) bond motifs is 1. The van der Waals surface area contributed by atoms with Gasteiger partial charge < -0.3 is 9.64 Å². The highest BCUT2D eigenvalue weighted by Gasteiger charge is 2.23. The summed E-state index contributed by atoms with van der Waals surface area (Å²) in [5, 5.41) is 0. The maximum atomic E-state index is 12.6. The van der Waals surface area contributed by atoms with Gasteiger partial charge in [0.2, 0.25) is 0 Å². The van der Waals surface area contributed by atoms with E-state index in [1.807, 2.05) is 50.2 Å². The van der Waals surface area contributed by atoms with Crippen molar-refractivity contribution in [3.63, 3.8) is 0 Å². The molecule has 1 aliphatic heterocycles. The van der Waals surface area contributed by atoms with E-state index >= 15 is 0 Å². The molecule has 0 atom stereocenters. The second-order valence-corrected chi connectivity index (χ2v) is 6.71. The average Bonchev–Trinajstić information content (AvgIpc) is 3.02. The monoisotopic (exact) mass is 349 g/mol. The van der Waals surface area contributed by atoms with Crippen molar-refractivity contribution in [3.8, 4) is 5.75 Å². The molecule has 0 saturated carbocycles. The normalized spacial score (nSPS) is 13.3. The van der Waals surface area contributed by atoms with Crippen molar-refractivity contribution in [2.75, 3.05) is 11.4 Å². The van der Waals surface area contributed by atoms with Gasteiger partial charge in [-0.25, -0.2) is 0 Å². The maximum Gasteiger partial charge on any atom is 0.251 e. The predicted octanol–water partition coefficient (Wildman–Crippen LogP) is 4.28. The van der Waals surface area contributed by atoms with Gasteiger partial charge >= 0.3 is 0 Å². The molecule has 2 aromatic carbocycles. The molecule has 0 radical (unpaired) electrons. The third-order valence-electron chi connectivity index (χ3n) is 4.30. The lowest BCUT2D eigenvalue weighted by atomic mass is 10.1. The minimum atomic E-state index is -0.0606. The summed E-state index contributed by atoms with van der Waals surface area (Å²) in [5.41, 5.74) is 3.55. The van der Waals surface area contributed by atoms with Crippen LogP contribution >= 0.6 is 0 Å². The SMILES string of the molecule is CC(=O)c1ccc2c(c1)CCN2C(=O)/C=C/c1cccc(OC(C)C)c1. The van der Waals surface area contributed by atoms with E-state index in [0.29, 0.717) is 12.1 Å². The molecule has 1 aliphatic rings. The molecule has 0 spiro atoms. The van der Waals surface area contributed by atoms with Crippen molar-refractivity contribution in [2.24, 2.45) is 0 Å². The van der Waals surface area contributed by atoms with Crippen molar-refractivity contribution < 1.29 is 14.3 Å². The lowest BCUT2D eigenvalue weighted by molar-refractivity contribution is -0.114. The van der Waals surface area contributed by atoms with Gasteiger partial charge in [0.25, 0.3) is 5.91 Å². The van der Waals surface area contributed by atoms with E-state index in [0.717, 1.165) is 29.0 Å². The Kier molecular flexibility index (Phi) is 5.21. The molecular formula is C22H23NO3. The van der Waals surface area contributed by atoms with Crippen LogP contribution in [0.15, 0.2) is 48.5 Å². The van der Waals surface area contributed by atoms with Crippen molar-refractivity contribution in [2.45, 2.75) is 33.3 Å². The first kappa shape index (κ1) is 17.9. The Balaban J connectivity index is 1.74. The lowest BCUT2D eigenvalue weighted by Crippen LogP contribution is -2.26. The quantitative estimate of drug-likeness (QED) is 0.598. The highest BCUT2D eigenvalue weighted by Crippen LogP contribution is 2.29. The van der Waals surface area contributed by atoms with Crippen molar-refractivity contribution in [1.82, 2.24) is 0 Å². The molecule has 0 saturated heterocycles. The van der Waals surface area contributed by atoms with Gasteiger partial charge in [0.05, 0.1) is 6.10 Å². The Hall–Kier alpha value is -2.88. The molecule has 4 nitrogen and oxygen atoms in total. The van der Waals surface area contributed by atoms with Crippen molar-refractivity contribution in [1.29, 1.82) is 0 Å². The van der Waals surface area contributed by atoms with Crippen LogP contribution in [0.5, 0.6) is 5.75 Å². The van der Waals surface area contributed by atoms with Gasteiger partial charge in [-0.05, 0) is 74.7 Å². The summed E-state index contributed by atoms with van der Waals surface area (Å²) in [6.45, 7) is 6.15. The predicted molar refractivity (Wildman–Crippen MR) is 104 cm³/mol. The molecular weight excluding hydrogens is 326 g/mol. The van der Waals surface area contributed by atoms with E-state index in [1.165, 1.54) is 0 Å². The Bertz CT molecular complexity index is 867. The highest BCUT2D eigenvalue weighted by atomic mass is 16.5. The summed E-state index contributed by atoms with van der Waals surface area (Å²) in [5.74, 6) is 0.772. The third-order valence-corrected chi connectivity index (χ3v) is 4.30. The molecule has 2 aromatic rings. The van der Waals surface area contributed by atoms with Gasteiger partial charge in [-0.3, -0.25) is 9.59 Å². The van der Waals surface area contributed by atoms with Crippen LogP contribution < -0.4 is 9.64 Å². The summed E-state index contributed by atoms with van der Waals surface area (Å²) in [7, 11) is 0. The summed E-state index contributed by atoms with van der Waals surface area (Å²) < 4.78 is 5.68. The number of nitrogens with zero attached hydrogens (tertiary/aromatic N) is 1. The van der Waals surface area contributed by atoms with E-state index in [9.17, 15) is 9.59 Å². The maximum absolute atomic E-state index is 12.6. The Morgan fingerprint density at radius 1 is 1.15 bits per heavy atom. The summed E-state index contributed by atoms with van der Waals surface area (Å²) in [4.78, 5) is 25.9. The van der Waals surface area contributed by atoms with Crippen LogP contribution in [0, 0.1) is 0 Å². The van der Waals surface area contributed by atoms with Crippen LogP contribution in [0.3, 0.4) is 0 Å². The first-order valence-electron chi connectivity index (χ1n) is 8.84. The average molecular weight is 349 g/mol. The number of carbonyl (C=O) groups excluding carboxylic acids is 2. The first-order chi connectivity index (χ1) is 12.4. The summed E-state index contributed by atoms with van der Waals surface area (Å²) in [6, 6.07) is 13.2. The number of hydrogen-bond donors (Lipinski definition) is 0. The highest BCUT2D eigenvalue weighted by molar-refractivity contribution is 6.05. The molecule has 1 amide bonds. The van der Waals surface area contributed by atoms with Gasteiger partial charge in [0.1, 0.15) is 5.75 Å². The van der Waals surface area contributed by atoms with Crippen LogP contribution in [0.25, 0.3) is 6.08 Å². The van der Waals surface area contributed by atoms with Gasteiger partial charge in [-0.2, -0.15) is 0 Å². The zero-order chi connectivity index (χ0) is 18.7.